The Kier molecular flexibility index (Phi) is 5.47. The number of ether oxygens (including phenoxy) is 2. The number of fused-ring (bicyclic) bond motifs is 1. The highest BCUT2D eigenvalue weighted by molar-refractivity contribution is 5.88. The molecular weight excluding hydrogens is 424 g/mol. The molecule has 4 rings (SSSR count). The lowest BCUT2D eigenvalue weighted by Crippen LogP contribution is -2.53. The van der Waals surface area contributed by atoms with Gasteiger partial charge in [-0.25, -0.2) is 0 Å². The minimum Gasteiger partial charge on any atom is -0.507 e. The molecule has 170 valence electrons. The molecule has 0 bridgehead atoms. The third-order valence-electron chi connectivity index (χ3n) is 5.61. The third-order valence-corrected chi connectivity index (χ3v) is 5.61. The van der Waals surface area contributed by atoms with Gasteiger partial charge in [0.05, 0.1) is 18.8 Å². The fourth-order valence-electron chi connectivity index (χ4n) is 3.85. The molecule has 32 heavy (non-hydrogen) atoms. The van der Waals surface area contributed by atoms with Crippen LogP contribution in [0.5, 0.6) is 23.0 Å². The molecule has 10 nitrogen and oxygen atoms in total. The SMILES string of the molecule is COc1cc(-c2cc(=O)c3c(O)c([C@H]4O[C@@H](C)[C@H](O)[C@@H](O)[C@@H]4O)c(O)cc3o2)ccc1O. The summed E-state index contributed by atoms with van der Waals surface area (Å²) in [6.07, 6.45) is -6.97. The summed E-state index contributed by atoms with van der Waals surface area (Å²) in [5.41, 5.74) is -0.698. The van der Waals surface area contributed by atoms with Crippen LogP contribution in [0, 0.1) is 0 Å². The summed E-state index contributed by atoms with van der Waals surface area (Å²) in [7, 11) is 1.37. The van der Waals surface area contributed by atoms with Crippen LogP contribution in [0.1, 0.15) is 18.6 Å². The van der Waals surface area contributed by atoms with Gasteiger partial charge in [0.2, 0.25) is 0 Å². The van der Waals surface area contributed by atoms with E-state index in [1.807, 2.05) is 0 Å². The second kappa shape index (κ2) is 7.99. The van der Waals surface area contributed by atoms with Crippen LogP contribution < -0.4 is 10.2 Å². The molecule has 0 amide bonds. The number of rotatable bonds is 3. The van der Waals surface area contributed by atoms with Gasteiger partial charge in [-0.15, -0.1) is 0 Å². The predicted molar refractivity (Wildman–Crippen MR) is 111 cm³/mol. The van der Waals surface area contributed by atoms with E-state index >= 15 is 0 Å². The number of aliphatic hydroxyl groups excluding tert-OH is 3. The maximum absolute atomic E-state index is 12.8. The molecule has 1 aromatic heterocycles. The summed E-state index contributed by atoms with van der Waals surface area (Å²) in [5, 5.41) is 61.1. The smallest absolute Gasteiger partial charge is 0.197 e. The summed E-state index contributed by atoms with van der Waals surface area (Å²) in [5.74, 6) is -1.08. The van der Waals surface area contributed by atoms with Crippen LogP contribution in [-0.4, -0.2) is 62.2 Å². The molecule has 10 heteroatoms. The Bertz CT molecular complexity index is 1230. The predicted octanol–water partition coefficient (Wildman–Crippen LogP) is 1.13. The number of phenols is 3. The van der Waals surface area contributed by atoms with E-state index in [4.69, 9.17) is 13.9 Å². The van der Waals surface area contributed by atoms with E-state index in [1.54, 1.807) is 0 Å². The van der Waals surface area contributed by atoms with Crippen LogP contribution in [0.15, 0.2) is 39.5 Å². The largest absolute Gasteiger partial charge is 0.507 e. The minimum atomic E-state index is -1.67. The number of hydrogen-bond donors (Lipinski definition) is 6. The Morgan fingerprint density at radius 2 is 1.66 bits per heavy atom. The highest BCUT2D eigenvalue weighted by Crippen LogP contribution is 2.44. The van der Waals surface area contributed by atoms with Gasteiger partial charge in [0.15, 0.2) is 16.9 Å². The molecule has 0 spiro atoms. The van der Waals surface area contributed by atoms with E-state index in [1.165, 1.54) is 32.2 Å². The molecule has 0 saturated carbocycles. The second-order valence-corrected chi connectivity index (χ2v) is 7.63. The van der Waals surface area contributed by atoms with Gasteiger partial charge in [0, 0.05) is 17.7 Å². The van der Waals surface area contributed by atoms with Crippen LogP contribution in [0.25, 0.3) is 22.3 Å². The normalized spacial score (nSPS) is 25.7. The monoisotopic (exact) mass is 446 g/mol. The van der Waals surface area contributed by atoms with Crippen molar-refractivity contribution < 1.29 is 44.5 Å². The van der Waals surface area contributed by atoms with E-state index in [9.17, 15) is 35.4 Å². The quantitative estimate of drug-likeness (QED) is 0.343. The fourth-order valence-corrected chi connectivity index (χ4v) is 3.85. The topological polar surface area (TPSA) is 170 Å². The molecule has 1 fully saturated rings. The fraction of sp³-hybridized carbons (Fsp3) is 0.318. The van der Waals surface area contributed by atoms with Crippen molar-refractivity contribution in [2.75, 3.05) is 7.11 Å². The zero-order chi connectivity index (χ0) is 23.3. The number of aromatic hydroxyl groups is 3. The minimum absolute atomic E-state index is 0.0912. The van der Waals surface area contributed by atoms with Crippen LogP contribution >= 0.6 is 0 Å². The Morgan fingerprint density at radius 3 is 2.34 bits per heavy atom. The molecule has 1 saturated heterocycles. The van der Waals surface area contributed by atoms with Crippen molar-refractivity contribution >= 4 is 11.0 Å². The molecule has 2 heterocycles. The van der Waals surface area contributed by atoms with Crippen molar-refractivity contribution in [3.8, 4) is 34.3 Å². The van der Waals surface area contributed by atoms with Gasteiger partial charge < -0.3 is 44.5 Å². The highest BCUT2D eigenvalue weighted by atomic mass is 16.5. The number of benzene rings is 2. The Balaban J connectivity index is 1.86. The molecule has 0 radical (unpaired) electrons. The molecule has 1 aliphatic rings. The van der Waals surface area contributed by atoms with E-state index in [0.717, 1.165) is 12.1 Å². The van der Waals surface area contributed by atoms with Gasteiger partial charge in [0.1, 0.15) is 52.6 Å². The summed E-state index contributed by atoms with van der Waals surface area (Å²) < 4.78 is 16.3. The Hall–Kier alpha value is -3.31. The summed E-state index contributed by atoms with van der Waals surface area (Å²) >= 11 is 0. The number of aliphatic hydroxyl groups is 3. The van der Waals surface area contributed by atoms with Gasteiger partial charge in [-0.05, 0) is 25.1 Å². The maximum Gasteiger partial charge on any atom is 0.197 e. The summed E-state index contributed by atoms with van der Waals surface area (Å²) in [6, 6.07) is 6.52. The van der Waals surface area contributed by atoms with E-state index < -0.39 is 47.4 Å². The van der Waals surface area contributed by atoms with Crippen molar-refractivity contribution in [3.63, 3.8) is 0 Å². The first-order chi connectivity index (χ1) is 15.1. The highest BCUT2D eigenvalue weighted by Gasteiger charge is 2.44. The van der Waals surface area contributed by atoms with E-state index in [0.29, 0.717) is 5.56 Å². The molecule has 0 unspecified atom stereocenters. The first-order valence-electron chi connectivity index (χ1n) is 9.73. The third kappa shape index (κ3) is 3.43. The number of methoxy groups -OCH3 is 1. The molecule has 1 aliphatic heterocycles. The van der Waals surface area contributed by atoms with Crippen LogP contribution in [0.4, 0.5) is 0 Å². The standard InChI is InChI=1S/C22H22O10/c1-8-18(26)20(28)21(29)22(31-8)17-12(25)7-15-16(19(17)27)11(24)6-13(32-15)9-3-4-10(23)14(5-9)30-2/h3-8,18,20-23,25-29H,1-2H3/t8-,18-,20+,21-,22+/m0/s1. The van der Waals surface area contributed by atoms with Crippen LogP contribution in [0.2, 0.25) is 0 Å². The second-order valence-electron chi connectivity index (χ2n) is 7.63. The first kappa shape index (κ1) is 21.9. The van der Waals surface area contributed by atoms with Gasteiger partial charge in [-0.1, -0.05) is 0 Å². The molecular formula is C22H22O10. The van der Waals surface area contributed by atoms with E-state index in [2.05, 4.69) is 0 Å². The summed E-state index contributed by atoms with van der Waals surface area (Å²) in [6.45, 7) is 1.45. The molecule has 0 aliphatic carbocycles. The first-order valence-corrected chi connectivity index (χ1v) is 9.73. The van der Waals surface area contributed by atoms with Crippen molar-refractivity contribution in [1.29, 1.82) is 0 Å². The Morgan fingerprint density at radius 1 is 0.938 bits per heavy atom. The average Bonchev–Trinajstić information content (AvgIpc) is 2.75. The number of phenolic OH excluding ortho intramolecular Hbond substituents is 3. The zero-order valence-electron chi connectivity index (χ0n) is 17.1. The van der Waals surface area contributed by atoms with Crippen molar-refractivity contribution in [3.05, 3.63) is 46.1 Å². The lowest BCUT2D eigenvalue weighted by molar-refractivity contribution is -0.220. The summed E-state index contributed by atoms with van der Waals surface area (Å²) in [4.78, 5) is 12.8. The zero-order valence-corrected chi connectivity index (χ0v) is 17.1. The van der Waals surface area contributed by atoms with Gasteiger partial charge in [-0.2, -0.15) is 0 Å². The van der Waals surface area contributed by atoms with Crippen molar-refractivity contribution in [2.45, 2.75) is 37.4 Å². The average molecular weight is 446 g/mol. The lowest BCUT2D eigenvalue weighted by Gasteiger charge is -2.39. The van der Waals surface area contributed by atoms with Gasteiger partial charge >= 0.3 is 0 Å². The lowest BCUT2D eigenvalue weighted by atomic mass is 9.90. The number of hydrogen-bond acceptors (Lipinski definition) is 10. The maximum atomic E-state index is 12.8. The molecule has 5 atom stereocenters. The van der Waals surface area contributed by atoms with Crippen molar-refractivity contribution in [2.24, 2.45) is 0 Å². The molecule has 2 aromatic carbocycles. The van der Waals surface area contributed by atoms with Crippen LogP contribution in [-0.2, 0) is 4.74 Å². The van der Waals surface area contributed by atoms with Crippen LogP contribution in [0.3, 0.4) is 0 Å². The van der Waals surface area contributed by atoms with Gasteiger partial charge in [0.25, 0.3) is 0 Å². The molecule has 6 N–H and O–H groups in total. The Labute approximate surface area is 181 Å². The van der Waals surface area contributed by atoms with Crippen molar-refractivity contribution in [1.82, 2.24) is 0 Å². The van der Waals surface area contributed by atoms with E-state index in [-0.39, 0.29) is 33.8 Å². The van der Waals surface area contributed by atoms with Gasteiger partial charge in [-0.3, -0.25) is 4.79 Å². The molecule has 3 aromatic rings.